The Morgan fingerprint density at radius 1 is 1.08 bits per heavy atom. The van der Waals surface area contributed by atoms with Crippen molar-refractivity contribution in [3.05, 3.63) is 60.2 Å². The molecule has 5 nitrogen and oxygen atoms in total. The molecule has 2 aromatic rings. The number of fused-ring (bicyclic) bond motifs is 1. The predicted molar refractivity (Wildman–Crippen MR) is 101 cm³/mol. The molecule has 0 saturated heterocycles. The van der Waals surface area contributed by atoms with Crippen LogP contribution in [0.15, 0.2) is 54.6 Å². The summed E-state index contributed by atoms with van der Waals surface area (Å²) in [5.41, 5.74) is 1.85. The molecule has 0 bridgehead atoms. The number of anilines is 1. The standard InChI is InChI=1S/C21H24N2O3/c1-16-14-23(18-10-6-7-11-19(18)26-16)21(25)13-12-20(24)22(2)15-17-8-4-3-5-9-17/h3-11,16H,12-15H2,1-2H3/t16-/m1/s1. The maximum Gasteiger partial charge on any atom is 0.227 e. The third-order valence-corrected chi connectivity index (χ3v) is 4.47. The molecule has 136 valence electrons. The number of amides is 2. The van der Waals surface area contributed by atoms with Crippen LogP contribution in [0.4, 0.5) is 5.69 Å². The van der Waals surface area contributed by atoms with Gasteiger partial charge in [0.15, 0.2) is 0 Å². The summed E-state index contributed by atoms with van der Waals surface area (Å²) in [6.07, 6.45) is 0.333. The molecule has 0 aromatic heterocycles. The number of carbonyl (C=O) groups is 2. The highest BCUT2D eigenvalue weighted by atomic mass is 16.5. The molecule has 0 radical (unpaired) electrons. The molecule has 0 N–H and O–H groups in total. The minimum atomic E-state index is -0.0645. The van der Waals surface area contributed by atoms with Gasteiger partial charge in [-0.25, -0.2) is 0 Å². The summed E-state index contributed by atoms with van der Waals surface area (Å²) in [6.45, 7) is 2.99. The van der Waals surface area contributed by atoms with E-state index in [1.807, 2.05) is 61.5 Å². The van der Waals surface area contributed by atoms with E-state index < -0.39 is 0 Å². The van der Waals surface area contributed by atoms with E-state index in [-0.39, 0.29) is 30.8 Å². The number of rotatable bonds is 5. The Morgan fingerprint density at radius 3 is 2.54 bits per heavy atom. The quantitative estimate of drug-likeness (QED) is 0.830. The SMILES string of the molecule is C[C@@H]1CN(C(=O)CCC(=O)N(C)Cc2ccccc2)c2ccccc2O1. The van der Waals surface area contributed by atoms with Crippen LogP contribution < -0.4 is 9.64 Å². The van der Waals surface area contributed by atoms with Crippen LogP contribution in [0.2, 0.25) is 0 Å². The van der Waals surface area contributed by atoms with Crippen LogP contribution in [0.1, 0.15) is 25.3 Å². The van der Waals surface area contributed by atoms with Gasteiger partial charge >= 0.3 is 0 Å². The second kappa shape index (κ2) is 8.04. The van der Waals surface area contributed by atoms with E-state index >= 15 is 0 Å². The minimum absolute atomic E-state index is 0.0307. The number of ether oxygens (including phenoxy) is 1. The molecule has 0 spiro atoms. The lowest BCUT2D eigenvalue weighted by Crippen LogP contribution is -2.42. The average molecular weight is 352 g/mol. The Kier molecular flexibility index (Phi) is 5.56. The molecule has 26 heavy (non-hydrogen) atoms. The van der Waals surface area contributed by atoms with Gasteiger partial charge in [-0.2, -0.15) is 0 Å². The van der Waals surface area contributed by atoms with Crippen LogP contribution in [-0.4, -0.2) is 36.4 Å². The van der Waals surface area contributed by atoms with Gasteiger partial charge in [-0.1, -0.05) is 42.5 Å². The van der Waals surface area contributed by atoms with E-state index in [2.05, 4.69) is 0 Å². The molecule has 5 heteroatoms. The Labute approximate surface area is 154 Å². The van der Waals surface area contributed by atoms with Crippen molar-refractivity contribution in [1.82, 2.24) is 4.90 Å². The lowest BCUT2D eigenvalue weighted by atomic mass is 10.1. The van der Waals surface area contributed by atoms with Crippen molar-refractivity contribution in [2.45, 2.75) is 32.4 Å². The first-order valence-corrected chi connectivity index (χ1v) is 8.88. The molecule has 0 unspecified atom stereocenters. The molecule has 1 aliphatic heterocycles. The zero-order valence-electron chi connectivity index (χ0n) is 15.2. The molecular formula is C21H24N2O3. The van der Waals surface area contributed by atoms with Crippen molar-refractivity contribution >= 4 is 17.5 Å². The minimum Gasteiger partial charge on any atom is -0.487 e. The first kappa shape index (κ1) is 18.0. The van der Waals surface area contributed by atoms with Crippen LogP contribution in [-0.2, 0) is 16.1 Å². The molecule has 1 atom stereocenters. The van der Waals surface area contributed by atoms with Gasteiger partial charge in [-0.15, -0.1) is 0 Å². The van der Waals surface area contributed by atoms with Crippen LogP contribution >= 0.6 is 0 Å². The lowest BCUT2D eigenvalue weighted by Gasteiger charge is -2.33. The van der Waals surface area contributed by atoms with Gasteiger partial charge < -0.3 is 14.5 Å². The summed E-state index contributed by atoms with van der Waals surface area (Å²) in [6, 6.07) is 17.3. The molecule has 1 heterocycles. The van der Waals surface area contributed by atoms with Gasteiger partial charge in [-0.05, 0) is 24.6 Å². The maximum absolute atomic E-state index is 12.7. The maximum atomic E-state index is 12.7. The van der Waals surface area contributed by atoms with E-state index in [0.717, 1.165) is 11.3 Å². The van der Waals surface area contributed by atoms with Gasteiger partial charge in [0, 0.05) is 26.4 Å². The Balaban J connectivity index is 1.58. The van der Waals surface area contributed by atoms with Crippen molar-refractivity contribution in [1.29, 1.82) is 0 Å². The van der Waals surface area contributed by atoms with Crippen molar-refractivity contribution in [3.8, 4) is 5.75 Å². The van der Waals surface area contributed by atoms with E-state index in [1.165, 1.54) is 0 Å². The van der Waals surface area contributed by atoms with Gasteiger partial charge in [0.25, 0.3) is 0 Å². The number of para-hydroxylation sites is 2. The smallest absolute Gasteiger partial charge is 0.227 e. The first-order valence-electron chi connectivity index (χ1n) is 8.88. The molecule has 1 aliphatic rings. The van der Waals surface area contributed by atoms with Gasteiger partial charge in [-0.3, -0.25) is 9.59 Å². The second-order valence-corrected chi connectivity index (χ2v) is 6.64. The zero-order chi connectivity index (χ0) is 18.5. The normalized spacial score (nSPS) is 15.8. The molecule has 3 rings (SSSR count). The third kappa shape index (κ3) is 4.23. The van der Waals surface area contributed by atoms with E-state index in [1.54, 1.807) is 16.8 Å². The highest BCUT2D eigenvalue weighted by Gasteiger charge is 2.27. The fraction of sp³-hybridized carbons (Fsp3) is 0.333. The van der Waals surface area contributed by atoms with Crippen molar-refractivity contribution in [2.24, 2.45) is 0 Å². The number of benzene rings is 2. The number of carbonyl (C=O) groups excluding carboxylic acids is 2. The Morgan fingerprint density at radius 2 is 1.77 bits per heavy atom. The summed E-state index contributed by atoms with van der Waals surface area (Å²) in [4.78, 5) is 28.5. The zero-order valence-corrected chi connectivity index (χ0v) is 15.2. The van der Waals surface area contributed by atoms with Gasteiger partial charge in [0.05, 0.1) is 12.2 Å². The van der Waals surface area contributed by atoms with Crippen molar-refractivity contribution in [3.63, 3.8) is 0 Å². The molecule has 2 aromatic carbocycles. The summed E-state index contributed by atoms with van der Waals surface area (Å²) in [7, 11) is 1.77. The van der Waals surface area contributed by atoms with Gasteiger partial charge in [0.2, 0.25) is 11.8 Å². The molecule has 0 aliphatic carbocycles. The predicted octanol–water partition coefficient (Wildman–Crippen LogP) is 3.24. The highest BCUT2D eigenvalue weighted by molar-refractivity contribution is 5.97. The van der Waals surface area contributed by atoms with Crippen molar-refractivity contribution in [2.75, 3.05) is 18.5 Å². The first-order chi connectivity index (χ1) is 12.5. The van der Waals surface area contributed by atoms with Crippen molar-refractivity contribution < 1.29 is 14.3 Å². The summed E-state index contributed by atoms with van der Waals surface area (Å²) < 4.78 is 5.77. The number of hydrogen-bond acceptors (Lipinski definition) is 3. The lowest BCUT2D eigenvalue weighted by molar-refractivity contribution is -0.132. The average Bonchev–Trinajstić information content (AvgIpc) is 2.65. The van der Waals surface area contributed by atoms with E-state index in [4.69, 9.17) is 4.74 Å². The third-order valence-electron chi connectivity index (χ3n) is 4.47. The fourth-order valence-corrected chi connectivity index (χ4v) is 3.11. The monoisotopic (exact) mass is 352 g/mol. The van der Waals surface area contributed by atoms with Crippen LogP contribution in [0.5, 0.6) is 5.75 Å². The molecule has 0 saturated carbocycles. The second-order valence-electron chi connectivity index (χ2n) is 6.64. The molecule has 0 fully saturated rings. The largest absolute Gasteiger partial charge is 0.487 e. The summed E-state index contributed by atoms with van der Waals surface area (Å²) >= 11 is 0. The van der Waals surface area contributed by atoms with Crippen LogP contribution in [0.3, 0.4) is 0 Å². The van der Waals surface area contributed by atoms with Crippen LogP contribution in [0, 0.1) is 0 Å². The highest BCUT2D eigenvalue weighted by Crippen LogP contribution is 2.33. The topological polar surface area (TPSA) is 49.9 Å². The number of nitrogens with zero attached hydrogens (tertiary/aromatic N) is 2. The van der Waals surface area contributed by atoms with Gasteiger partial charge in [0.1, 0.15) is 11.9 Å². The van der Waals surface area contributed by atoms with Crippen LogP contribution in [0.25, 0.3) is 0 Å². The summed E-state index contributed by atoms with van der Waals surface area (Å²) in [5, 5.41) is 0. The Bertz CT molecular complexity index is 776. The van der Waals surface area contributed by atoms with E-state index in [0.29, 0.717) is 18.8 Å². The summed E-state index contributed by atoms with van der Waals surface area (Å²) in [5.74, 6) is 0.637. The number of hydrogen-bond donors (Lipinski definition) is 0. The molecular weight excluding hydrogens is 328 g/mol. The fourth-order valence-electron chi connectivity index (χ4n) is 3.11. The molecule has 2 amide bonds. The van der Waals surface area contributed by atoms with E-state index in [9.17, 15) is 9.59 Å². The Hall–Kier alpha value is -2.82.